The highest BCUT2D eigenvalue weighted by Crippen LogP contribution is 2.51. The number of fused-ring (bicyclic) bond motifs is 5. The number of hydrogen-bond acceptors (Lipinski definition) is 3. The number of rotatable bonds is 3. The van der Waals surface area contributed by atoms with E-state index in [-0.39, 0.29) is 29.3 Å². The summed E-state index contributed by atoms with van der Waals surface area (Å²) < 4.78 is 13.7. The molecule has 3 nitrogen and oxygen atoms in total. The molecule has 0 spiro atoms. The zero-order chi connectivity index (χ0) is 20.9. The Morgan fingerprint density at radius 1 is 1.21 bits per heavy atom. The van der Waals surface area contributed by atoms with Crippen molar-refractivity contribution in [1.29, 1.82) is 0 Å². The van der Waals surface area contributed by atoms with Crippen molar-refractivity contribution >= 4 is 14.1 Å². The van der Waals surface area contributed by atoms with Gasteiger partial charge in [0.1, 0.15) is 5.78 Å². The van der Waals surface area contributed by atoms with Crippen LogP contribution >= 0.6 is 0 Å². The van der Waals surface area contributed by atoms with Gasteiger partial charge >= 0.3 is 0 Å². The first-order valence-corrected chi connectivity index (χ1v) is 14.3. The van der Waals surface area contributed by atoms with Crippen molar-refractivity contribution in [1.82, 2.24) is 0 Å². The molecule has 0 N–H and O–H groups in total. The maximum atomic E-state index is 13.0. The summed E-state index contributed by atoms with van der Waals surface area (Å²) in [6, 6.07) is 0. The van der Waals surface area contributed by atoms with Crippen molar-refractivity contribution in [2.24, 2.45) is 23.7 Å². The lowest BCUT2D eigenvalue weighted by atomic mass is 9.63. The summed E-state index contributed by atoms with van der Waals surface area (Å²) in [5, 5.41) is 0.175. The molecule has 4 heteroatoms. The topological polar surface area (TPSA) is 35.5 Å². The van der Waals surface area contributed by atoms with E-state index in [2.05, 4.69) is 60.7 Å². The summed E-state index contributed by atoms with van der Waals surface area (Å²) in [7, 11) is -1.91. The number of carbonyl (C=O) groups excluding carboxylic acids is 1. The van der Waals surface area contributed by atoms with Gasteiger partial charge in [0.25, 0.3) is 0 Å². The molecule has 0 unspecified atom stereocenters. The summed E-state index contributed by atoms with van der Waals surface area (Å²) >= 11 is 0. The van der Waals surface area contributed by atoms with Crippen molar-refractivity contribution in [3.05, 3.63) is 11.6 Å². The zero-order valence-electron chi connectivity index (χ0n) is 19.4. The lowest BCUT2D eigenvalue weighted by molar-refractivity contribution is -0.129. The van der Waals surface area contributed by atoms with Crippen LogP contribution in [0.25, 0.3) is 0 Å². The number of carbonyl (C=O) groups is 1. The number of Topliss-reactive ketones (excluding diaryl/α,β-unsaturated/α-hetero) is 1. The summed E-state index contributed by atoms with van der Waals surface area (Å²) in [5.74, 6) is 1.98. The van der Waals surface area contributed by atoms with E-state index in [4.69, 9.17) is 9.16 Å². The third kappa shape index (κ3) is 4.20. The molecule has 0 amide bonds. The first-order valence-electron chi connectivity index (χ1n) is 11.4. The summed E-state index contributed by atoms with van der Waals surface area (Å²) in [6.45, 7) is 18.5. The average molecular weight is 407 g/mol. The van der Waals surface area contributed by atoms with E-state index in [0.717, 1.165) is 32.1 Å². The van der Waals surface area contributed by atoms with Crippen LogP contribution in [0.15, 0.2) is 11.6 Å². The monoisotopic (exact) mass is 406 g/mol. The van der Waals surface area contributed by atoms with Crippen LogP contribution in [0, 0.1) is 23.7 Å². The number of ether oxygens (including phenoxy) is 1. The first-order chi connectivity index (χ1) is 12.9. The molecule has 0 aromatic carbocycles. The average Bonchev–Trinajstić information content (AvgIpc) is 2.94. The molecule has 1 saturated heterocycles. The Morgan fingerprint density at radius 2 is 1.89 bits per heavy atom. The number of ketones is 1. The third-order valence-electron chi connectivity index (χ3n) is 8.06. The van der Waals surface area contributed by atoms with Crippen molar-refractivity contribution in [2.75, 3.05) is 0 Å². The van der Waals surface area contributed by atoms with E-state index in [1.165, 1.54) is 5.57 Å². The summed E-state index contributed by atoms with van der Waals surface area (Å²) in [6.07, 6.45) is 7.28. The van der Waals surface area contributed by atoms with Crippen LogP contribution in [0.5, 0.6) is 0 Å². The second kappa shape index (κ2) is 8.00. The molecule has 0 radical (unpaired) electrons. The van der Waals surface area contributed by atoms with Crippen molar-refractivity contribution in [3.63, 3.8) is 0 Å². The largest absolute Gasteiger partial charge is 0.411 e. The van der Waals surface area contributed by atoms with Gasteiger partial charge in [-0.15, -0.1) is 0 Å². The molecular formula is C24H42O3Si. The Kier molecular flexibility index (Phi) is 6.35. The second-order valence-corrected chi connectivity index (χ2v) is 16.2. The third-order valence-corrected chi connectivity index (χ3v) is 12.6. The fourth-order valence-corrected chi connectivity index (χ4v) is 6.82. The molecule has 2 aliphatic heterocycles. The Hall–Kier alpha value is -0.453. The maximum Gasteiger partial charge on any atom is 0.192 e. The van der Waals surface area contributed by atoms with E-state index in [9.17, 15) is 4.79 Å². The van der Waals surface area contributed by atoms with Crippen molar-refractivity contribution in [2.45, 2.75) is 110 Å². The standard InChI is InChI=1S/C24H42O3Si/c1-15(2)17-12-13-18(25)22-20-14-16(3)10-9-11-19(23(26-20)21(17)22)27-28(7,8)24(4,5)6/h10,15,17,19-23H,9,11-14H2,1-8H3/b16-10-/t17-,19+,20-,21-,22-,23+/m1/s1. The van der Waals surface area contributed by atoms with Gasteiger partial charge in [0.2, 0.25) is 0 Å². The quantitative estimate of drug-likeness (QED) is 0.417. The van der Waals surface area contributed by atoms with Crippen LogP contribution < -0.4 is 0 Å². The zero-order valence-corrected chi connectivity index (χ0v) is 20.4. The molecule has 3 rings (SSSR count). The molecule has 160 valence electrons. The fourth-order valence-electron chi connectivity index (χ4n) is 5.46. The van der Waals surface area contributed by atoms with Crippen LogP contribution in [-0.4, -0.2) is 32.4 Å². The predicted octanol–water partition coefficient (Wildman–Crippen LogP) is 6.14. The maximum absolute atomic E-state index is 13.0. The highest BCUT2D eigenvalue weighted by Gasteiger charge is 2.56. The molecule has 1 aliphatic carbocycles. The lowest BCUT2D eigenvalue weighted by Gasteiger charge is -2.44. The van der Waals surface area contributed by atoms with Gasteiger partial charge in [-0.05, 0) is 62.6 Å². The molecule has 2 fully saturated rings. The van der Waals surface area contributed by atoms with E-state index in [0.29, 0.717) is 23.5 Å². The Labute approximate surface area is 173 Å². The molecule has 2 heterocycles. The van der Waals surface area contributed by atoms with Gasteiger partial charge in [0.15, 0.2) is 8.32 Å². The minimum atomic E-state index is -1.91. The van der Waals surface area contributed by atoms with Crippen molar-refractivity contribution < 1.29 is 14.0 Å². The molecule has 0 aromatic heterocycles. The van der Waals surface area contributed by atoms with Gasteiger partial charge in [0.05, 0.1) is 18.3 Å². The van der Waals surface area contributed by atoms with Crippen LogP contribution in [0.1, 0.15) is 73.6 Å². The van der Waals surface area contributed by atoms with E-state index >= 15 is 0 Å². The molecule has 3 aliphatic rings. The van der Waals surface area contributed by atoms with E-state index in [1.54, 1.807) is 0 Å². The summed E-state index contributed by atoms with van der Waals surface area (Å²) in [5.41, 5.74) is 1.37. The molecule has 2 bridgehead atoms. The van der Waals surface area contributed by atoms with E-state index in [1.807, 2.05) is 0 Å². The highest BCUT2D eigenvalue weighted by atomic mass is 28.4. The Balaban J connectivity index is 1.98. The fraction of sp³-hybridized carbons (Fsp3) is 0.875. The van der Waals surface area contributed by atoms with Gasteiger partial charge in [-0.2, -0.15) is 0 Å². The van der Waals surface area contributed by atoms with Gasteiger partial charge in [-0.3, -0.25) is 4.79 Å². The normalized spacial score (nSPS) is 39.0. The van der Waals surface area contributed by atoms with Crippen LogP contribution in [0.2, 0.25) is 18.1 Å². The van der Waals surface area contributed by atoms with Gasteiger partial charge in [-0.1, -0.05) is 46.3 Å². The molecule has 6 atom stereocenters. The Bertz CT molecular complexity index is 616. The SMILES string of the molecule is C/C1=C/CC[C@H](O[Si](C)(C)C(C)(C)C)[C@@H]2O[C@H](C1)[C@H]1C(=O)CC[C@H](C(C)C)[C@@H]21. The van der Waals surface area contributed by atoms with Gasteiger partial charge < -0.3 is 9.16 Å². The molecule has 1 saturated carbocycles. The minimum Gasteiger partial charge on any atom is -0.411 e. The number of hydrogen-bond donors (Lipinski definition) is 0. The highest BCUT2D eigenvalue weighted by molar-refractivity contribution is 6.74. The second-order valence-electron chi connectivity index (χ2n) is 11.4. The lowest BCUT2D eigenvalue weighted by Crippen LogP contribution is -2.50. The van der Waals surface area contributed by atoms with Crippen molar-refractivity contribution in [3.8, 4) is 0 Å². The summed E-state index contributed by atoms with van der Waals surface area (Å²) in [4.78, 5) is 13.0. The van der Waals surface area contributed by atoms with Crippen LogP contribution in [0.4, 0.5) is 0 Å². The molecule has 28 heavy (non-hydrogen) atoms. The molecular weight excluding hydrogens is 364 g/mol. The Morgan fingerprint density at radius 3 is 2.50 bits per heavy atom. The van der Waals surface area contributed by atoms with Crippen LogP contribution in [-0.2, 0) is 14.0 Å². The smallest absolute Gasteiger partial charge is 0.192 e. The predicted molar refractivity (Wildman–Crippen MR) is 118 cm³/mol. The van der Waals surface area contributed by atoms with Gasteiger partial charge in [-0.25, -0.2) is 0 Å². The first kappa shape index (κ1) is 22.2. The number of allylic oxidation sites excluding steroid dienone is 1. The van der Waals surface area contributed by atoms with E-state index < -0.39 is 8.32 Å². The minimum absolute atomic E-state index is 0.0453. The van der Waals surface area contributed by atoms with Crippen LogP contribution in [0.3, 0.4) is 0 Å². The van der Waals surface area contributed by atoms with Gasteiger partial charge in [0, 0.05) is 18.3 Å². The molecule has 0 aromatic rings.